The Morgan fingerprint density at radius 2 is 2.10 bits per heavy atom. The van der Waals surface area contributed by atoms with Crippen LogP contribution in [0.15, 0.2) is 6.20 Å². The standard InChI is InChI=1S/C7H11N2.Zn/c1-5(2)7-8-4-6(3)9-7;/h4-5H,1-3H3;/q-1;. The van der Waals surface area contributed by atoms with Crippen molar-refractivity contribution < 1.29 is 19.5 Å². The van der Waals surface area contributed by atoms with E-state index in [-0.39, 0.29) is 19.5 Å². The minimum atomic E-state index is 0. The molecule has 2 nitrogen and oxygen atoms in total. The van der Waals surface area contributed by atoms with E-state index in [0.717, 1.165) is 11.5 Å². The van der Waals surface area contributed by atoms with E-state index < -0.39 is 0 Å². The van der Waals surface area contributed by atoms with Crippen LogP contribution in [0.2, 0.25) is 0 Å². The summed E-state index contributed by atoms with van der Waals surface area (Å²) in [5.41, 5.74) is 1.01. The first-order chi connectivity index (χ1) is 4.20. The molecule has 0 saturated carbocycles. The van der Waals surface area contributed by atoms with Gasteiger partial charge < -0.3 is 9.97 Å². The maximum atomic E-state index is 4.20. The normalized spacial score (nSPS) is 9.60. The van der Waals surface area contributed by atoms with E-state index in [0.29, 0.717) is 5.92 Å². The average molecular weight is 189 g/mol. The molecule has 0 aliphatic rings. The first kappa shape index (κ1) is 9.83. The van der Waals surface area contributed by atoms with E-state index in [1.54, 1.807) is 6.20 Å². The Kier molecular flexibility index (Phi) is 3.81. The number of nitrogens with zero attached hydrogens (tertiary/aromatic N) is 2. The zero-order valence-electron chi connectivity index (χ0n) is 6.76. The number of aromatic nitrogens is 2. The summed E-state index contributed by atoms with van der Waals surface area (Å²) in [6.45, 7) is 6.14. The third-order valence-corrected chi connectivity index (χ3v) is 1.19. The molecule has 0 N–H and O–H groups in total. The van der Waals surface area contributed by atoms with Gasteiger partial charge in [0.1, 0.15) is 0 Å². The molecule has 0 aromatic carbocycles. The summed E-state index contributed by atoms with van der Waals surface area (Å²) in [5, 5.41) is 0. The van der Waals surface area contributed by atoms with E-state index in [2.05, 4.69) is 23.8 Å². The summed E-state index contributed by atoms with van der Waals surface area (Å²) in [4.78, 5) is 8.30. The molecule has 1 rings (SSSR count). The van der Waals surface area contributed by atoms with Crippen LogP contribution in [0.3, 0.4) is 0 Å². The zero-order chi connectivity index (χ0) is 6.85. The summed E-state index contributed by atoms with van der Waals surface area (Å²) < 4.78 is 0. The van der Waals surface area contributed by atoms with Crippen LogP contribution in [0, 0.1) is 6.92 Å². The monoisotopic (exact) mass is 187 g/mol. The van der Waals surface area contributed by atoms with Gasteiger partial charge in [-0.25, -0.2) is 0 Å². The molecule has 1 aromatic heterocycles. The van der Waals surface area contributed by atoms with Gasteiger partial charge in [0.15, 0.2) is 0 Å². The molecule has 0 unspecified atom stereocenters. The van der Waals surface area contributed by atoms with E-state index in [1.165, 1.54) is 0 Å². The maximum absolute atomic E-state index is 4.20. The van der Waals surface area contributed by atoms with Crippen molar-refractivity contribution in [3.8, 4) is 0 Å². The van der Waals surface area contributed by atoms with Gasteiger partial charge in [-0.3, -0.25) is 0 Å². The molecule has 1 aromatic rings. The molecular weight excluding hydrogens is 177 g/mol. The minimum Gasteiger partial charge on any atom is -0.446 e. The number of hydrogen-bond donors (Lipinski definition) is 0. The molecule has 0 amide bonds. The van der Waals surface area contributed by atoms with E-state index in [1.807, 2.05) is 6.92 Å². The Hall–Kier alpha value is -0.167. The van der Waals surface area contributed by atoms with Gasteiger partial charge >= 0.3 is 0 Å². The second-order valence-electron chi connectivity index (χ2n) is 2.52. The summed E-state index contributed by atoms with van der Waals surface area (Å²) in [7, 11) is 0. The second-order valence-corrected chi connectivity index (χ2v) is 2.52. The molecule has 10 heavy (non-hydrogen) atoms. The van der Waals surface area contributed by atoms with Gasteiger partial charge in [0.25, 0.3) is 0 Å². The zero-order valence-corrected chi connectivity index (χ0v) is 9.72. The van der Waals surface area contributed by atoms with Crippen LogP contribution in [0.1, 0.15) is 31.3 Å². The number of imidazole rings is 1. The third-order valence-electron chi connectivity index (χ3n) is 1.19. The van der Waals surface area contributed by atoms with Crippen LogP contribution < -0.4 is 4.98 Å². The first-order valence-electron chi connectivity index (χ1n) is 3.16. The van der Waals surface area contributed by atoms with E-state index in [9.17, 15) is 0 Å². The molecule has 0 radical (unpaired) electrons. The predicted molar refractivity (Wildman–Crippen MR) is 36.4 cm³/mol. The summed E-state index contributed by atoms with van der Waals surface area (Å²) in [5.74, 6) is 1.41. The summed E-state index contributed by atoms with van der Waals surface area (Å²) >= 11 is 0. The SMILES string of the molecule is Cc1cnc(C(C)C)[n-]1.[Zn]. The van der Waals surface area contributed by atoms with Crippen LogP contribution in [0.4, 0.5) is 0 Å². The molecule has 0 spiro atoms. The third kappa shape index (κ3) is 2.22. The Morgan fingerprint density at radius 1 is 1.50 bits per heavy atom. The van der Waals surface area contributed by atoms with Gasteiger partial charge in [-0.2, -0.15) is 0 Å². The van der Waals surface area contributed by atoms with Crippen LogP contribution in [-0.2, 0) is 19.5 Å². The Labute approximate surface area is 74.2 Å². The fourth-order valence-corrected chi connectivity index (χ4v) is 0.676. The molecule has 52 valence electrons. The Balaban J connectivity index is 0.000000810. The van der Waals surface area contributed by atoms with Gasteiger partial charge in [0.05, 0.1) is 0 Å². The Morgan fingerprint density at radius 3 is 2.30 bits per heavy atom. The predicted octanol–water partition coefficient (Wildman–Crippen LogP) is 1.47. The molecule has 3 heteroatoms. The van der Waals surface area contributed by atoms with Crippen molar-refractivity contribution in [2.45, 2.75) is 26.7 Å². The van der Waals surface area contributed by atoms with Crippen LogP contribution >= 0.6 is 0 Å². The second kappa shape index (κ2) is 3.87. The van der Waals surface area contributed by atoms with Crippen LogP contribution in [0.25, 0.3) is 0 Å². The van der Waals surface area contributed by atoms with Crippen molar-refractivity contribution in [3.63, 3.8) is 0 Å². The number of aryl methyl sites for hydroxylation is 1. The van der Waals surface area contributed by atoms with Gasteiger partial charge in [-0.1, -0.05) is 31.6 Å². The van der Waals surface area contributed by atoms with Crippen molar-refractivity contribution in [1.82, 2.24) is 9.97 Å². The number of hydrogen-bond acceptors (Lipinski definition) is 1. The Bertz CT molecular complexity index is 193. The fraction of sp³-hybridized carbons (Fsp3) is 0.571. The van der Waals surface area contributed by atoms with Gasteiger partial charge in [0, 0.05) is 19.5 Å². The minimum absolute atomic E-state index is 0. The largest absolute Gasteiger partial charge is 0.446 e. The van der Waals surface area contributed by atoms with Gasteiger partial charge in [-0.05, 0) is 12.8 Å². The smallest absolute Gasteiger partial charge is 0 e. The van der Waals surface area contributed by atoms with Crippen LogP contribution in [0.5, 0.6) is 0 Å². The maximum Gasteiger partial charge on any atom is 0 e. The molecule has 0 aliphatic heterocycles. The molecule has 0 bridgehead atoms. The van der Waals surface area contributed by atoms with E-state index >= 15 is 0 Å². The first-order valence-corrected chi connectivity index (χ1v) is 3.16. The molecular formula is C7H11N2Zn-. The molecule has 0 fully saturated rings. The van der Waals surface area contributed by atoms with Crippen molar-refractivity contribution in [3.05, 3.63) is 17.7 Å². The molecule has 1 heterocycles. The molecule has 0 atom stereocenters. The van der Waals surface area contributed by atoms with Crippen molar-refractivity contribution >= 4 is 0 Å². The fourth-order valence-electron chi connectivity index (χ4n) is 0.676. The topological polar surface area (TPSA) is 27.0 Å². The van der Waals surface area contributed by atoms with Crippen LogP contribution in [-0.4, -0.2) is 4.98 Å². The van der Waals surface area contributed by atoms with Crippen molar-refractivity contribution in [2.24, 2.45) is 0 Å². The number of rotatable bonds is 1. The molecule has 0 aliphatic carbocycles. The van der Waals surface area contributed by atoms with E-state index in [4.69, 9.17) is 0 Å². The average Bonchev–Trinajstić information content (AvgIpc) is 2.14. The van der Waals surface area contributed by atoms with Crippen molar-refractivity contribution in [2.75, 3.05) is 0 Å². The van der Waals surface area contributed by atoms with Gasteiger partial charge in [0.2, 0.25) is 0 Å². The summed E-state index contributed by atoms with van der Waals surface area (Å²) in [6.07, 6.45) is 1.80. The molecule has 0 saturated heterocycles. The van der Waals surface area contributed by atoms with Crippen molar-refractivity contribution in [1.29, 1.82) is 0 Å². The van der Waals surface area contributed by atoms with Gasteiger partial charge in [-0.15, -0.1) is 0 Å². The summed E-state index contributed by atoms with van der Waals surface area (Å²) in [6, 6.07) is 0. The quantitative estimate of drug-likeness (QED) is 0.624.